The van der Waals surface area contributed by atoms with Gasteiger partial charge in [-0.3, -0.25) is 0 Å². The molecule has 0 saturated carbocycles. The Morgan fingerprint density at radius 1 is 1.22 bits per heavy atom. The third-order valence-corrected chi connectivity index (χ3v) is 3.41. The van der Waals surface area contributed by atoms with E-state index in [0.717, 1.165) is 19.4 Å². The number of benzene rings is 1. The monoisotopic (exact) mass is 245 g/mol. The average Bonchev–Trinajstić information content (AvgIpc) is 2.35. The minimum absolute atomic E-state index is 0.230. The third kappa shape index (κ3) is 5.05. The van der Waals surface area contributed by atoms with Gasteiger partial charge in [-0.1, -0.05) is 56.3 Å². The molecule has 18 heavy (non-hydrogen) atoms. The first kappa shape index (κ1) is 15.0. The Labute approximate surface area is 112 Å². The van der Waals surface area contributed by atoms with E-state index in [-0.39, 0.29) is 5.41 Å². The molecule has 0 radical (unpaired) electrons. The Balaban J connectivity index is 2.45. The quantitative estimate of drug-likeness (QED) is 0.558. The smallest absolute Gasteiger partial charge is 0.00471 e. The number of nitrogens with one attached hydrogen (secondary N) is 1. The van der Waals surface area contributed by atoms with Crippen molar-refractivity contribution < 1.29 is 0 Å². The van der Waals surface area contributed by atoms with Crippen molar-refractivity contribution in [1.29, 1.82) is 0 Å². The molecule has 0 aliphatic rings. The third-order valence-electron chi connectivity index (χ3n) is 3.41. The predicted molar refractivity (Wildman–Crippen MR) is 81.0 cm³/mol. The Morgan fingerprint density at radius 2 is 1.89 bits per heavy atom. The number of hydrogen-bond acceptors (Lipinski definition) is 1. The van der Waals surface area contributed by atoms with Crippen LogP contribution in [0.2, 0.25) is 0 Å². The van der Waals surface area contributed by atoms with Crippen molar-refractivity contribution >= 4 is 0 Å². The molecule has 1 N–H and O–H groups in total. The Bertz CT molecular complexity index is 351. The molecule has 0 aliphatic carbocycles. The Morgan fingerprint density at radius 3 is 2.50 bits per heavy atom. The maximum Gasteiger partial charge on any atom is 0.00471 e. The lowest BCUT2D eigenvalue weighted by molar-refractivity contribution is 0.391. The first-order valence-electron chi connectivity index (χ1n) is 6.96. The molecular weight excluding hydrogens is 218 g/mol. The van der Waals surface area contributed by atoms with Crippen LogP contribution in [-0.4, -0.2) is 12.6 Å². The van der Waals surface area contributed by atoms with E-state index >= 15 is 0 Å². The molecule has 1 nitrogen and oxygen atoms in total. The van der Waals surface area contributed by atoms with E-state index in [4.69, 9.17) is 0 Å². The fourth-order valence-electron chi connectivity index (χ4n) is 2.42. The second kappa shape index (κ2) is 7.38. The molecular formula is C17H27N. The molecule has 1 atom stereocenters. The van der Waals surface area contributed by atoms with Gasteiger partial charge in [-0.05, 0) is 44.2 Å². The van der Waals surface area contributed by atoms with Gasteiger partial charge in [-0.2, -0.15) is 0 Å². The molecule has 1 rings (SSSR count). The van der Waals surface area contributed by atoms with Gasteiger partial charge < -0.3 is 5.32 Å². The predicted octanol–water partition coefficient (Wildman–Crippen LogP) is 4.30. The van der Waals surface area contributed by atoms with Crippen LogP contribution in [0.5, 0.6) is 0 Å². The van der Waals surface area contributed by atoms with Gasteiger partial charge in [0.15, 0.2) is 0 Å². The highest BCUT2D eigenvalue weighted by Crippen LogP contribution is 2.27. The molecule has 0 spiro atoms. The van der Waals surface area contributed by atoms with Crippen LogP contribution >= 0.6 is 0 Å². The van der Waals surface area contributed by atoms with E-state index < -0.39 is 0 Å². The summed E-state index contributed by atoms with van der Waals surface area (Å²) in [4.78, 5) is 0. The summed E-state index contributed by atoms with van der Waals surface area (Å²) in [6.45, 7) is 10.1. The molecule has 100 valence electrons. The number of allylic oxidation sites excluding steroid dienone is 1. The standard InChI is InChI=1S/C17H27N/c1-5-6-10-13-18-15(2)14-17(3,4)16-11-8-7-9-12-16/h5-9,11-12,15,18H,10,13-14H2,1-4H3/b6-5+. The molecule has 0 heterocycles. The van der Waals surface area contributed by atoms with Gasteiger partial charge in [0.2, 0.25) is 0 Å². The minimum Gasteiger partial charge on any atom is -0.314 e. The maximum atomic E-state index is 3.59. The number of hydrogen-bond donors (Lipinski definition) is 1. The van der Waals surface area contributed by atoms with Crippen LogP contribution in [0, 0.1) is 0 Å². The zero-order chi connectivity index (χ0) is 13.4. The summed E-state index contributed by atoms with van der Waals surface area (Å²) in [5.41, 5.74) is 1.65. The average molecular weight is 245 g/mol. The van der Waals surface area contributed by atoms with E-state index in [9.17, 15) is 0 Å². The molecule has 0 fully saturated rings. The van der Waals surface area contributed by atoms with Crippen LogP contribution < -0.4 is 5.32 Å². The summed E-state index contributed by atoms with van der Waals surface area (Å²) in [5.74, 6) is 0. The largest absolute Gasteiger partial charge is 0.314 e. The highest BCUT2D eigenvalue weighted by Gasteiger charge is 2.22. The highest BCUT2D eigenvalue weighted by atomic mass is 14.9. The molecule has 1 aromatic carbocycles. The van der Waals surface area contributed by atoms with E-state index in [1.54, 1.807) is 0 Å². The number of rotatable bonds is 7. The molecule has 1 unspecified atom stereocenters. The van der Waals surface area contributed by atoms with Crippen molar-refractivity contribution in [3.05, 3.63) is 48.0 Å². The van der Waals surface area contributed by atoms with Crippen LogP contribution in [0.25, 0.3) is 0 Å². The van der Waals surface area contributed by atoms with Crippen molar-refractivity contribution in [2.24, 2.45) is 0 Å². The molecule has 0 aliphatic heterocycles. The molecule has 0 saturated heterocycles. The fourth-order valence-corrected chi connectivity index (χ4v) is 2.42. The van der Waals surface area contributed by atoms with Crippen molar-refractivity contribution in [1.82, 2.24) is 5.32 Å². The first-order chi connectivity index (χ1) is 8.56. The maximum absolute atomic E-state index is 3.59. The topological polar surface area (TPSA) is 12.0 Å². The van der Waals surface area contributed by atoms with E-state index in [1.165, 1.54) is 5.56 Å². The van der Waals surface area contributed by atoms with Gasteiger partial charge in [-0.15, -0.1) is 0 Å². The highest BCUT2D eigenvalue weighted by molar-refractivity contribution is 5.23. The van der Waals surface area contributed by atoms with Crippen molar-refractivity contribution in [2.45, 2.75) is 52.0 Å². The molecule has 0 bridgehead atoms. The van der Waals surface area contributed by atoms with Crippen molar-refractivity contribution in [3.8, 4) is 0 Å². The molecule has 1 aromatic rings. The van der Waals surface area contributed by atoms with E-state index in [0.29, 0.717) is 6.04 Å². The summed E-state index contributed by atoms with van der Waals surface area (Å²) in [7, 11) is 0. The summed E-state index contributed by atoms with van der Waals surface area (Å²) in [6.07, 6.45) is 6.60. The second-order valence-electron chi connectivity index (χ2n) is 5.67. The van der Waals surface area contributed by atoms with Crippen LogP contribution in [0.15, 0.2) is 42.5 Å². The SMILES string of the molecule is C/C=C/CCNC(C)CC(C)(C)c1ccccc1. The van der Waals surface area contributed by atoms with Gasteiger partial charge in [0.25, 0.3) is 0 Å². The minimum atomic E-state index is 0.230. The Kier molecular flexibility index (Phi) is 6.14. The summed E-state index contributed by atoms with van der Waals surface area (Å²) < 4.78 is 0. The normalized spacial score (nSPS) is 14.0. The molecule has 0 amide bonds. The van der Waals surface area contributed by atoms with Gasteiger partial charge in [0, 0.05) is 6.04 Å². The lowest BCUT2D eigenvalue weighted by Crippen LogP contribution is -2.33. The van der Waals surface area contributed by atoms with Crippen LogP contribution in [0.3, 0.4) is 0 Å². The zero-order valence-electron chi connectivity index (χ0n) is 12.2. The van der Waals surface area contributed by atoms with Gasteiger partial charge in [0.05, 0.1) is 0 Å². The van der Waals surface area contributed by atoms with Crippen LogP contribution in [0.4, 0.5) is 0 Å². The van der Waals surface area contributed by atoms with Gasteiger partial charge in [-0.25, -0.2) is 0 Å². The first-order valence-corrected chi connectivity index (χ1v) is 6.96. The fraction of sp³-hybridized carbons (Fsp3) is 0.529. The van der Waals surface area contributed by atoms with Gasteiger partial charge >= 0.3 is 0 Å². The lowest BCUT2D eigenvalue weighted by atomic mass is 9.79. The van der Waals surface area contributed by atoms with Crippen LogP contribution in [0.1, 0.15) is 46.1 Å². The van der Waals surface area contributed by atoms with E-state index in [2.05, 4.69) is 75.5 Å². The summed E-state index contributed by atoms with van der Waals surface area (Å²) in [6, 6.07) is 11.3. The van der Waals surface area contributed by atoms with Crippen molar-refractivity contribution in [2.75, 3.05) is 6.54 Å². The van der Waals surface area contributed by atoms with Crippen molar-refractivity contribution in [3.63, 3.8) is 0 Å². The van der Waals surface area contributed by atoms with E-state index in [1.807, 2.05) is 0 Å². The van der Waals surface area contributed by atoms with Gasteiger partial charge in [0.1, 0.15) is 0 Å². The molecule has 1 heteroatoms. The van der Waals surface area contributed by atoms with Crippen LogP contribution in [-0.2, 0) is 5.41 Å². The summed E-state index contributed by atoms with van der Waals surface area (Å²) in [5, 5.41) is 3.59. The molecule has 0 aromatic heterocycles. The zero-order valence-corrected chi connectivity index (χ0v) is 12.2. The lowest BCUT2D eigenvalue weighted by Gasteiger charge is -2.29. The second-order valence-corrected chi connectivity index (χ2v) is 5.67. The summed E-state index contributed by atoms with van der Waals surface area (Å²) >= 11 is 0. The Hall–Kier alpha value is -1.08.